The topological polar surface area (TPSA) is 91.7 Å². The summed E-state index contributed by atoms with van der Waals surface area (Å²) in [4.78, 5) is 13.8. The highest BCUT2D eigenvalue weighted by atomic mass is 16.3. The van der Waals surface area contributed by atoms with E-state index in [9.17, 15) is 9.90 Å². The molecule has 3 rings (SSSR count). The number of likely N-dealkylation sites (tertiary alicyclic amines) is 1. The molecule has 0 aromatic carbocycles. The van der Waals surface area contributed by atoms with Crippen LogP contribution in [0.3, 0.4) is 0 Å². The van der Waals surface area contributed by atoms with Gasteiger partial charge in [-0.2, -0.15) is 0 Å². The maximum atomic E-state index is 11.5. The van der Waals surface area contributed by atoms with E-state index in [-0.39, 0.29) is 12.0 Å². The van der Waals surface area contributed by atoms with Crippen LogP contribution >= 0.6 is 0 Å². The Kier molecular flexibility index (Phi) is 3.54. The van der Waals surface area contributed by atoms with Crippen molar-refractivity contribution in [2.24, 2.45) is 17.7 Å². The second-order valence-corrected chi connectivity index (χ2v) is 5.92. The molecule has 3 unspecified atom stereocenters. The second kappa shape index (κ2) is 5.20. The molecule has 1 saturated carbocycles. The van der Waals surface area contributed by atoms with Gasteiger partial charge in [0.2, 0.25) is 0 Å². The number of hydrogen-bond acceptors (Lipinski definition) is 5. The number of carbonyl (C=O) groups excluding carboxylic acids is 1. The molecular formula is C14H21N3O3. The summed E-state index contributed by atoms with van der Waals surface area (Å²) < 4.78 is 5.63. The van der Waals surface area contributed by atoms with Crippen molar-refractivity contribution in [2.45, 2.75) is 32.4 Å². The number of aryl methyl sites for hydroxylation is 1. The standard InChI is InChI=1S/C14H21N3O3/c1-8-11(14(19)16-15)4-10(20-8)6-17-5-9-2-3-13(18)12(9)7-17/h4,9,12-13,18H,2-3,5-7,15H2,1H3,(H,16,19). The van der Waals surface area contributed by atoms with Crippen molar-refractivity contribution in [2.75, 3.05) is 13.1 Å². The van der Waals surface area contributed by atoms with E-state index in [2.05, 4.69) is 10.3 Å². The third-order valence-corrected chi connectivity index (χ3v) is 4.62. The van der Waals surface area contributed by atoms with Gasteiger partial charge in [0.15, 0.2) is 0 Å². The van der Waals surface area contributed by atoms with Gasteiger partial charge in [0, 0.05) is 19.0 Å². The number of hydrogen-bond donors (Lipinski definition) is 3. The van der Waals surface area contributed by atoms with Gasteiger partial charge in [0.1, 0.15) is 11.5 Å². The van der Waals surface area contributed by atoms with Crippen LogP contribution in [-0.2, 0) is 6.54 Å². The van der Waals surface area contributed by atoms with Crippen LogP contribution in [0.4, 0.5) is 0 Å². The molecule has 1 aliphatic carbocycles. The van der Waals surface area contributed by atoms with Crippen molar-refractivity contribution in [3.8, 4) is 0 Å². The number of nitrogens with zero attached hydrogens (tertiary/aromatic N) is 1. The molecule has 1 aliphatic heterocycles. The van der Waals surface area contributed by atoms with E-state index in [0.29, 0.717) is 29.7 Å². The van der Waals surface area contributed by atoms with E-state index < -0.39 is 0 Å². The first-order chi connectivity index (χ1) is 9.58. The highest BCUT2D eigenvalue weighted by Gasteiger charge is 2.41. The summed E-state index contributed by atoms with van der Waals surface area (Å²) in [6.07, 6.45) is 1.89. The minimum Gasteiger partial charge on any atom is -0.464 e. The van der Waals surface area contributed by atoms with E-state index in [1.807, 2.05) is 0 Å². The monoisotopic (exact) mass is 279 g/mol. The zero-order chi connectivity index (χ0) is 14.3. The average molecular weight is 279 g/mol. The van der Waals surface area contributed by atoms with E-state index >= 15 is 0 Å². The number of furan rings is 1. The number of amides is 1. The summed E-state index contributed by atoms with van der Waals surface area (Å²) in [5, 5.41) is 9.92. The van der Waals surface area contributed by atoms with Crippen LogP contribution in [-0.4, -0.2) is 35.1 Å². The van der Waals surface area contributed by atoms with E-state index in [1.165, 1.54) is 0 Å². The van der Waals surface area contributed by atoms with Crippen LogP contribution in [0.1, 0.15) is 34.7 Å². The van der Waals surface area contributed by atoms with Gasteiger partial charge in [-0.05, 0) is 31.7 Å². The zero-order valence-electron chi connectivity index (χ0n) is 11.6. The third-order valence-electron chi connectivity index (χ3n) is 4.62. The molecule has 2 aliphatic rings. The lowest BCUT2D eigenvalue weighted by Gasteiger charge is -2.16. The van der Waals surface area contributed by atoms with Gasteiger partial charge in [0.25, 0.3) is 5.91 Å². The van der Waals surface area contributed by atoms with E-state index in [0.717, 1.165) is 31.7 Å². The molecule has 2 heterocycles. The van der Waals surface area contributed by atoms with Crippen molar-refractivity contribution in [1.29, 1.82) is 0 Å². The lowest BCUT2D eigenvalue weighted by molar-refractivity contribution is 0.0952. The number of rotatable bonds is 3. The third kappa shape index (κ3) is 2.34. The smallest absolute Gasteiger partial charge is 0.268 e. The number of nitrogen functional groups attached to an aromatic ring is 1. The lowest BCUT2D eigenvalue weighted by atomic mass is 10.00. The number of aliphatic hydroxyl groups excluding tert-OH is 1. The fourth-order valence-electron chi connectivity index (χ4n) is 3.60. The first-order valence-corrected chi connectivity index (χ1v) is 7.09. The molecule has 110 valence electrons. The number of fused-ring (bicyclic) bond motifs is 1. The summed E-state index contributed by atoms with van der Waals surface area (Å²) in [6, 6.07) is 1.75. The molecule has 4 N–H and O–H groups in total. The Morgan fingerprint density at radius 2 is 2.35 bits per heavy atom. The predicted molar refractivity (Wildman–Crippen MR) is 72.6 cm³/mol. The van der Waals surface area contributed by atoms with Crippen LogP contribution in [0.15, 0.2) is 10.5 Å². The quantitative estimate of drug-likeness (QED) is 0.423. The number of nitrogens with one attached hydrogen (secondary N) is 1. The molecule has 20 heavy (non-hydrogen) atoms. The Bertz CT molecular complexity index is 514. The predicted octanol–water partition coefficient (Wildman–Crippen LogP) is 0.394. The first kappa shape index (κ1) is 13.6. The minimum atomic E-state index is -0.328. The highest BCUT2D eigenvalue weighted by molar-refractivity contribution is 5.94. The Hall–Kier alpha value is -1.37. The van der Waals surface area contributed by atoms with Gasteiger partial charge < -0.3 is 9.52 Å². The van der Waals surface area contributed by atoms with E-state index in [1.54, 1.807) is 13.0 Å². The number of nitrogens with two attached hydrogens (primary N) is 1. The van der Waals surface area contributed by atoms with Crippen LogP contribution in [0.25, 0.3) is 0 Å². The minimum absolute atomic E-state index is 0.151. The number of carbonyl (C=O) groups is 1. The Morgan fingerprint density at radius 1 is 1.55 bits per heavy atom. The molecule has 0 bridgehead atoms. The molecule has 0 spiro atoms. The first-order valence-electron chi connectivity index (χ1n) is 7.09. The maximum absolute atomic E-state index is 11.5. The van der Waals surface area contributed by atoms with Crippen molar-refractivity contribution < 1.29 is 14.3 Å². The largest absolute Gasteiger partial charge is 0.464 e. The molecule has 6 nitrogen and oxygen atoms in total. The summed E-state index contributed by atoms with van der Waals surface area (Å²) in [5.41, 5.74) is 2.61. The summed E-state index contributed by atoms with van der Waals surface area (Å²) in [6.45, 7) is 4.35. The molecular weight excluding hydrogens is 258 g/mol. The summed E-state index contributed by atoms with van der Waals surface area (Å²) >= 11 is 0. The van der Waals surface area contributed by atoms with Crippen molar-refractivity contribution in [1.82, 2.24) is 10.3 Å². The molecule has 3 atom stereocenters. The molecule has 2 fully saturated rings. The molecule has 1 saturated heterocycles. The van der Waals surface area contributed by atoms with Crippen LogP contribution in [0.2, 0.25) is 0 Å². The SMILES string of the molecule is Cc1oc(CN2CC3CCC(O)C3C2)cc1C(=O)NN. The van der Waals surface area contributed by atoms with Crippen LogP contribution in [0, 0.1) is 18.8 Å². The molecule has 1 amide bonds. The fourth-order valence-corrected chi connectivity index (χ4v) is 3.60. The van der Waals surface area contributed by atoms with Gasteiger partial charge in [0.05, 0.1) is 18.2 Å². The fraction of sp³-hybridized carbons (Fsp3) is 0.643. The van der Waals surface area contributed by atoms with Gasteiger partial charge in [-0.1, -0.05) is 0 Å². The Morgan fingerprint density at radius 3 is 3.05 bits per heavy atom. The molecule has 0 radical (unpaired) electrons. The van der Waals surface area contributed by atoms with Crippen molar-refractivity contribution >= 4 is 5.91 Å². The van der Waals surface area contributed by atoms with Gasteiger partial charge >= 0.3 is 0 Å². The molecule has 1 aromatic heterocycles. The summed E-state index contributed by atoms with van der Waals surface area (Å²) in [5.74, 6) is 7.18. The average Bonchev–Trinajstić information content (AvgIpc) is 3.07. The van der Waals surface area contributed by atoms with Crippen molar-refractivity contribution in [3.63, 3.8) is 0 Å². The maximum Gasteiger partial charge on any atom is 0.268 e. The normalized spacial score (nSPS) is 29.6. The Balaban J connectivity index is 1.66. The highest BCUT2D eigenvalue weighted by Crippen LogP contribution is 2.38. The lowest BCUT2D eigenvalue weighted by Crippen LogP contribution is -2.30. The second-order valence-electron chi connectivity index (χ2n) is 5.92. The van der Waals surface area contributed by atoms with Crippen molar-refractivity contribution in [3.05, 3.63) is 23.2 Å². The Labute approximate surface area is 117 Å². The number of aliphatic hydroxyl groups is 1. The van der Waals surface area contributed by atoms with Crippen LogP contribution < -0.4 is 11.3 Å². The molecule has 1 aromatic rings. The molecule has 6 heteroatoms. The van der Waals surface area contributed by atoms with Gasteiger partial charge in [-0.25, -0.2) is 5.84 Å². The van der Waals surface area contributed by atoms with Gasteiger partial charge in [-0.3, -0.25) is 15.1 Å². The number of hydrazine groups is 1. The van der Waals surface area contributed by atoms with E-state index in [4.69, 9.17) is 10.3 Å². The van der Waals surface area contributed by atoms with Gasteiger partial charge in [-0.15, -0.1) is 0 Å². The zero-order valence-corrected chi connectivity index (χ0v) is 11.6. The summed E-state index contributed by atoms with van der Waals surface area (Å²) in [7, 11) is 0. The van der Waals surface area contributed by atoms with Crippen LogP contribution in [0.5, 0.6) is 0 Å².